The second-order valence-corrected chi connectivity index (χ2v) is 5.44. The molecule has 0 saturated carbocycles. The molecule has 126 valence electrons. The lowest BCUT2D eigenvalue weighted by atomic mass is 9.88. The fourth-order valence-electron chi connectivity index (χ4n) is 2.87. The Balaban J connectivity index is 2.26. The molecule has 0 aromatic carbocycles. The monoisotopic (exact) mass is 325 g/mol. The van der Waals surface area contributed by atoms with Crippen LogP contribution in [0.3, 0.4) is 0 Å². The van der Waals surface area contributed by atoms with Gasteiger partial charge < -0.3 is 14.9 Å². The Morgan fingerprint density at radius 3 is 2.87 bits per heavy atom. The fraction of sp³-hybridized carbons (Fsp3) is 0.692. The van der Waals surface area contributed by atoms with Crippen molar-refractivity contribution in [1.29, 1.82) is 0 Å². The van der Waals surface area contributed by atoms with E-state index in [-0.39, 0.29) is 6.54 Å². The lowest BCUT2D eigenvalue weighted by molar-refractivity contribution is -0.112. The summed E-state index contributed by atoms with van der Waals surface area (Å²) in [7, 11) is 0. The number of aliphatic hydroxyl groups excluding tert-OH is 2. The number of aliphatic hydroxyl groups is 2. The van der Waals surface area contributed by atoms with Crippen molar-refractivity contribution in [3.63, 3.8) is 0 Å². The standard InChI is InChI=1S/C13H19N5O5/c1-2-13(5-3-6-15-17-14)10(21)9(20)11(23-13)18-7-4-8(19)16-12(18)22/h4,7,9-11,20-21H,2-3,5-6H2,1H3,(H,16,19,22)/t9-,10?,11+,13-/m0/s1. The first-order valence-corrected chi connectivity index (χ1v) is 7.31. The summed E-state index contributed by atoms with van der Waals surface area (Å²) in [6.07, 6.45) is -1.19. The molecule has 0 spiro atoms. The van der Waals surface area contributed by atoms with E-state index in [2.05, 4.69) is 15.0 Å². The van der Waals surface area contributed by atoms with Crippen LogP contribution in [0.15, 0.2) is 27.0 Å². The summed E-state index contributed by atoms with van der Waals surface area (Å²) in [5, 5.41) is 24.1. The quantitative estimate of drug-likeness (QED) is 0.291. The number of hydrogen-bond donors (Lipinski definition) is 3. The van der Waals surface area contributed by atoms with Crippen LogP contribution in [0.1, 0.15) is 32.4 Å². The molecular formula is C13H19N5O5. The largest absolute Gasteiger partial charge is 0.387 e. The number of hydrogen-bond acceptors (Lipinski definition) is 6. The van der Waals surface area contributed by atoms with Crippen LogP contribution in [0.4, 0.5) is 0 Å². The molecule has 1 aromatic heterocycles. The van der Waals surface area contributed by atoms with Crippen molar-refractivity contribution in [2.75, 3.05) is 6.54 Å². The molecule has 10 nitrogen and oxygen atoms in total. The molecule has 10 heteroatoms. The van der Waals surface area contributed by atoms with Gasteiger partial charge in [0.2, 0.25) is 0 Å². The van der Waals surface area contributed by atoms with Crippen molar-refractivity contribution < 1.29 is 14.9 Å². The van der Waals surface area contributed by atoms with Gasteiger partial charge in [0, 0.05) is 23.7 Å². The molecule has 1 fully saturated rings. The molecule has 3 N–H and O–H groups in total. The van der Waals surface area contributed by atoms with E-state index in [0.29, 0.717) is 19.3 Å². The van der Waals surface area contributed by atoms with Gasteiger partial charge in [-0.15, -0.1) is 0 Å². The van der Waals surface area contributed by atoms with Gasteiger partial charge in [-0.3, -0.25) is 14.3 Å². The molecule has 0 aliphatic carbocycles. The zero-order valence-electron chi connectivity index (χ0n) is 12.6. The number of aromatic amines is 1. The van der Waals surface area contributed by atoms with Crippen molar-refractivity contribution in [3.8, 4) is 0 Å². The molecule has 0 radical (unpaired) electrons. The molecule has 1 aliphatic rings. The highest BCUT2D eigenvalue weighted by molar-refractivity contribution is 5.01. The second kappa shape index (κ2) is 6.97. The first-order chi connectivity index (χ1) is 10.9. The van der Waals surface area contributed by atoms with Crippen molar-refractivity contribution >= 4 is 0 Å². The summed E-state index contributed by atoms with van der Waals surface area (Å²) in [4.78, 5) is 27.7. The predicted octanol–water partition coefficient (Wildman–Crippen LogP) is 0.0265. The number of azide groups is 1. The van der Waals surface area contributed by atoms with Crippen LogP contribution in [0.25, 0.3) is 10.4 Å². The summed E-state index contributed by atoms with van der Waals surface area (Å²) in [6.45, 7) is 2.04. The van der Waals surface area contributed by atoms with E-state index in [1.54, 1.807) is 6.92 Å². The van der Waals surface area contributed by atoms with E-state index in [9.17, 15) is 19.8 Å². The zero-order chi connectivity index (χ0) is 17.0. The van der Waals surface area contributed by atoms with E-state index in [4.69, 9.17) is 10.3 Å². The van der Waals surface area contributed by atoms with Gasteiger partial charge in [0.1, 0.15) is 12.2 Å². The number of aromatic nitrogens is 2. The van der Waals surface area contributed by atoms with E-state index >= 15 is 0 Å². The van der Waals surface area contributed by atoms with Gasteiger partial charge in [-0.1, -0.05) is 12.0 Å². The minimum atomic E-state index is -1.32. The summed E-state index contributed by atoms with van der Waals surface area (Å²) < 4.78 is 6.86. The van der Waals surface area contributed by atoms with Gasteiger partial charge in [0.05, 0.1) is 5.60 Å². The Bertz CT molecular complexity index is 709. The zero-order valence-corrected chi connectivity index (χ0v) is 12.6. The van der Waals surface area contributed by atoms with Crippen molar-refractivity contribution in [1.82, 2.24) is 9.55 Å². The van der Waals surface area contributed by atoms with Gasteiger partial charge in [-0.25, -0.2) is 4.79 Å². The minimum Gasteiger partial charge on any atom is -0.387 e. The Hall–Kier alpha value is -2.13. The third-order valence-corrected chi connectivity index (χ3v) is 4.16. The average molecular weight is 325 g/mol. The topological polar surface area (TPSA) is 153 Å². The maximum absolute atomic E-state index is 11.9. The first-order valence-electron chi connectivity index (χ1n) is 7.31. The third-order valence-electron chi connectivity index (χ3n) is 4.16. The van der Waals surface area contributed by atoms with Crippen LogP contribution in [-0.4, -0.2) is 44.1 Å². The van der Waals surface area contributed by atoms with E-state index < -0.39 is 35.3 Å². The molecular weight excluding hydrogens is 306 g/mol. The highest BCUT2D eigenvalue weighted by Crippen LogP contribution is 2.41. The molecule has 1 aromatic rings. The van der Waals surface area contributed by atoms with Gasteiger partial charge in [-0.05, 0) is 24.8 Å². The molecule has 2 rings (SSSR count). The van der Waals surface area contributed by atoms with E-state index in [1.807, 2.05) is 0 Å². The van der Waals surface area contributed by atoms with Crippen LogP contribution in [0.5, 0.6) is 0 Å². The third kappa shape index (κ3) is 3.30. The Kier molecular flexibility index (Phi) is 5.22. The highest BCUT2D eigenvalue weighted by atomic mass is 16.6. The highest BCUT2D eigenvalue weighted by Gasteiger charge is 2.53. The maximum Gasteiger partial charge on any atom is 0.330 e. The number of ether oxygens (including phenoxy) is 1. The van der Waals surface area contributed by atoms with Crippen LogP contribution in [0.2, 0.25) is 0 Å². The van der Waals surface area contributed by atoms with Gasteiger partial charge >= 0.3 is 5.69 Å². The molecule has 1 aliphatic heterocycles. The summed E-state index contributed by atoms with van der Waals surface area (Å²) in [5.41, 5.74) is 5.95. The molecule has 0 amide bonds. The van der Waals surface area contributed by atoms with Crippen molar-refractivity contribution in [3.05, 3.63) is 43.5 Å². The average Bonchev–Trinajstić information content (AvgIpc) is 2.77. The normalized spacial score (nSPS) is 30.1. The van der Waals surface area contributed by atoms with E-state index in [1.165, 1.54) is 6.20 Å². The number of H-pyrrole nitrogens is 1. The smallest absolute Gasteiger partial charge is 0.330 e. The van der Waals surface area contributed by atoms with Gasteiger partial charge in [-0.2, -0.15) is 0 Å². The summed E-state index contributed by atoms with van der Waals surface area (Å²) in [6, 6.07) is 1.14. The van der Waals surface area contributed by atoms with Gasteiger partial charge in [0.25, 0.3) is 5.56 Å². The SMILES string of the molecule is CC[C@@]1(CCCN=[N+]=[N-])O[C@@H](n2ccc(=O)[nH]c2=O)[C@@H](O)C1O. The Labute approximate surface area is 131 Å². The molecule has 1 unspecified atom stereocenters. The maximum atomic E-state index is 11.9. The summed E-state index contributed by atoms with van der Waals surface area (Å²) in [5.74, 6) is 0. The molecule has 0 bridgehead atoms. The molecule has 2 heterocycles. The predicted molar refractivity (Wildman–Crippen MR) is 79.7 cm³/mol. The van der Waals surface area contributed by atoms with Crippen molar-refractivity contribution in [2.24, 2.45) is 5.11 Å². The lowest BCUT2D eigenvalue weighted by Gasteiger charge is -2.30. The molecule has 1 saturated heterocycles. The van der Waals surface area contributed by atoms with Crippen LogP contribution >= 0.6 is 0 Å². The molecule has 23 heavy (non-hydrogen) atoms. The minimum absolute atomic E-state index is 0.244. The van der Waals surface area contributed by atoms with Crippen molar-refractivity contribution in [2.45, 2.75) is 50.2 Å². The van der Waals surface area contributed by atoms with Crippen LogP contribution in [-0.2, 0) is 4.74 Å². The van der Waals surface area contributed by atoms with Crippen LogP contribution < -0.4 is 11.2 Å². The second-order valence-electron chi connectivity index (χ2n) is 5.44. The number of nitrogens with one attached hydrogen (secondary N) is 1. The fourth-order valence-corrected chi connectivity index (χ4v) is 2.87. The number of rotatable bonds is 6. The lowest BCUT2D eigenvalue weighted by Crippen LogP contribution is -2.42. The summed E-state index contributed by atoms with van der Waals surface area (Å²) >= 11 is 0. The Morgan fingerprint density at radius 2 is 2.26 bits per heavy atom. The van der Waals surface area contributed by atoms with Gasteiger partial charge in [0.15, 0.2) is 6.23 Å². The number of nitrogens with zero attached hydrogens (tertiary/aromatic N) is 4. The Morgan fingerprint density at radius 1 is 1.52 bits per heavy atom. The molecule has 4 atom stereocenters. The van der Waals surface area contributed by atoms with E-state index in [0.717, 1.165) is 10.6 Å². The first kappa shape index (κ1) is 17.2. The van der Waals surface area contributed by atoms with Crippen LogP contribution in [0, 0.1) is 0 Å².